The molecular weight excluding hydrogens is 541 g/mol. The van der Waals surface area contributed by atoms with Gasteiger partial charge in [-0.15, -0.1) is 0 Å². The maximum absolute atomic E-state index is 7.66. The molecule has 0 aliphatic carbocycles. The molecule has 0 amide bonds. The summed E-state index contributed by atoms with van der Waals surface area (Å²) in [5.74, 6) is 0. The molecule has 0 aromatic rings. The third-order valence-electron chi connectivity index (χ3n) is 8.25. The molecule has 3 atom stereocenters. The van der Waals surface area contributed by atoms with Gasteiger partial charge in [0.2, 0.25) is 0 Å². The molecule has 234 valence electrons. The van der Waals surface area contributed by atoms with Crippen LogP contribution in [-0.4, -0.2) is 62.7 Å². The molecule has 0 spiro atoms. The Bertz CT molecular complexity index is 612. The van der Waals surface area contributed by atoms with Gasteiger partial charge in [0.05, 0.1) is 17.2 Å². The van der Waals surface area contributed by atoms with Gasteiger partial charge in [-0.3, -0.25) is 0 Å². The van der Waals surface area contributed by atoms with Gasteiger partial charge >= 0.3 is 25.7 Å². The standard InChI is InChI=1S/C30H66O6Si3/c1-16-19-22-31-25(4)37(28(7,8)9)34-38(29(10,11)12,26(5)32-23-20-17-2)36-39(35-37,30(13,14)15)27(6)33-24-21-18-3/h25-27H,16-24H2,1-15H3. The fraction of sp³-hybridized carbons (Fsp3) is 1.00. The van der Waals surface area contributed by atoms with Crippen LogP contribution in [0.3, 0.4) is 0 Å². The quantitative estimate of drug-likeness (QED) is 0.137. The van der Waals surface area contributed by atoms with Crippen molar-refractivity contribution in [1.29, 1.82) is 0 Å². The summed E-state index contributed by atoms with van der Waals surface area (Å²) in [7, 11) is -9.40. The summed E-state index contributed by atoms with van der Waals surface area (Å²) in [6.07, 6.45) is 6.33. The van der Waals surface area contributed by atoms with Crippen LogP contribution in [-0.2, 0) is 26.6 Å². The molecule has 1 rings (SSSR count). The zero-order valence-electron chi connectivity index (χ0n) is 28.5. The summed E-state index contributed by atoms with van der Waals surface area (Å²) in [5.41, 5.74) is -0.494. The molecule has 1 fully saturated rings. The Labute approximate surface area is 246 Å². The van der Waals surface area contributed by atoms with Gasteiger partial charge in [0, 0.05) is 34.9 Å². The predicted octanol–water partition coefficient (Wildman–Crippen LogP) is 9.01. The van der Waals surface area contributed by atoms with Gasteiger partial charge in [-0.05, 0) is 40.0 Å². The molecule has 39 heavy (non-hydrogen) atoms. The topological polar surface area (TPSA) is 55.4 Å². The van der Waals surface area contributed by atoms with Crippen LogP contribution in [0, 0.1) is 0 Å². The minimum atomic E-state index is -3.13. The van der Waals surface area contributed by atoms with Crippen molar-refractivity contribution in [1.82, 2.24) is 0 Å². The fourth-order valence-corrected chi connectivity index (χ4v) is 28.6. The van der Waals surface area contributed by atoms with Crippen molar-refractivity contribution < 1.29 is 26.6 Å². The first kappa shape index (κ1) is 37.4. The number of rotatable bonds is 15. The first-order valence-electron chi connectivity index (χ1n) is 15.8. The van der Waals surface area contributed by atoms with E-state index in [2.05, 4.69) is 104 Å². The van der Waals surface area contributed by atoms with E-state index in [9.17, 15) is 0 Å². The average molecular weight is 607 g/mol. The highest BCUT2D eigenvalue weighted by atomic mass is 28.5. The highest BCUT2D eigenvalue weighted by Crippen LogP contribution is 2.58. The summed E-state index contributed by atoms with van der Waals surface area (Å²) in [6, 6.07) is 0. The predicted molar refractivity (Wildman–Crippen MR) is 171 cm³/mol. The molecule has 0 N–H and O–H groups in total. The maximum Gasteiger partial charge on any atom is 0.355 e. The second-order valence-electron chi connectivity index (χ2n) is 14.7. The zero-order valence-corrected chi connectivity index (χ0v) is 31.5. The monoisotopic (exact) mass is 606 g/mol. The van der Waals surface area contributed by atoms with E-state index in [0.29, 0.717) is 19.8 Å². The Morgan fingerprint density at radius 3 is 0.821 bits per heavy atom. The van der Waals surface area contributed by atoms with Crippen LogP contribution in [0.5, 0.6) is 0 Å². The van der Waals surface area contributed by atoms with Crippen molar-refractivity contribution in [2.45, 2.75) is 175 Å². The highest BCUT2D eigenvalue weighted by Gasteiger charge is 2.76. The molecule has 0 saturated carbocycles. The van der Waals surface area contributed by atoms with Crippen molar-refractivity contribution >= 4 is 25.7 Å². The summed E-state index contributed by atoms with van der Waals surface area (Å²) in [6.45, 7) is 35.8. The highest BCUT2D eigenvalue weighted by molar-refractivity contribution is 6.98. The van der Waals surface area contributed by atoms with Crippen molar-refractivity contribution in [2.75, 3.05) is 19.8 Å². The van der Waals surface area contributed by atoms with Crippen LogP contribution in [0.1, 0.15) is 142 Å². The first-order chi connectivity index (χ1) is 17.8. The molecule has 1 saturated heterocycles. The second kappa shape index (κ2) is 14.7. The summed E-state index contributed by atoms with van der Waals surface area (Å²) in [5, 5.41) is -0.787. The normalized spacial score (nSPS) is 29.3. The van der Waals surface area contributed by atoms with Crippen LogP contribution in [0.25, 0.3) is 0 Å². The summed E-state index contributed by atoms with van der Waals surface area (Å²) in [4.78, 5) is 0. The number of hydrogen-bond acceptors (Lipinski definition) is 6. The van der Waals surface area contributed by atoms with Gasteiger partial charge in [-0.1, -0.05) is 102 Å². The van der Waals surface area contributed by atoms with Gasteiger partial charge in [0.25, 0.3) is 0 Å². The van der Waals surface area contributed by atoms with Crippen LogP contribution in [0.15, 0.2) is 0 Å². The molecule has 0 aromatic heterocycles. The molecule has 1 aliphatic heterocycles. The third kappa shape index (κ3) is 8.28. The molecule has 6 nitrogen and oxygen atoms in total. The van der Waals surface area contributed by atoms with E-state index in [1.165, 1.54) is 0 Å². The van der Waals surface area contributed by atoms with E-state index in [1.54, 1.807) is 0 Å². The van der Waals surface area contributed by atoms with Gasteiger partial charge < -0.3 is 26.6 Å². The zero-order chi connectivity index (χ0) is 30.3. The van der Waals surface area contributed by atoms with Gasteiger partial charge in [0.1, 0.15) is 0 Å². The summed E-state index contributed by atoms with van der Waals surface area (Å²) < 4.78 is 42.9. The molecule has 1 heterocycles. The molecule has 9 heteroatoms. The lowest BCUT2D eigenvalue weighted by Crippen LogP contribution is -2.84. The lowest BCUT2D eigenvalue weighted by molar-refractivity contribution is 0.00953. The number of unbranched alkanes of at least 4 members (excludes halogenated alkanes) is 3. The van der Waals surface area contributed by atoms with Crippen molar-refractivity contribution in [3.63, 3.8) is 0 Å². The van der Waals surface area contributed by atoms with Crippen molar-refractivity contribution in [3.8, 4) is 0 Å². The van der Waals surface area contributed by atoms with Crippen LogP contribution >= 0.6 is 0 Å². The minimum absolute atomic E-state index is 0.165. The number of hydrogen-bond donors (Lipinski definition) is 0. The lowest BCUT2D eigenvalue weighted by Gasteiger charge is -2.65. The smallest absolute Gasteiger partial charge is 0.355 e. The number of ether oxygens (including phenoxy) is 3. The third-order valence-corrected chi connectivity index (χ3v) is 25.5. The van der Waals surface area contributed by atoms with Crippen LogP contribution in [0.2, 0.25) is 15.1 Å². The molecular formula is C30H66O6Si3. The van der Waals surface area contributed by atoms with Gasteiger partial charge in [0.15, 0.2) is 0 Å². The summed E-state index contributed by atoms with van der Waals surface area (Å²) >= 11 is 0. The first-order valence-corrected chi connectivity index (χ1v) is 21.4. The molecule has 0 radical (unpaired) electrons. The van der Waals surface area contributed by atoms with E-state index in [0.717, 1.165) is 38.5 Å². The van der Waals surface area contributed by atoms with Crippen molar-refractivity contribution in [2.24, 2.45) is 0 Å². The van der Waals surface area contributed by atoms with Gasteiger partial charge in [-0.2, -0.15) is 0 Å². The Morgan fingerprint density at radius 2 is 0.667 bits per heavy atom. The van der Waals surface area contributed by atoms with E-state index >= 15 is 0 Å². The Kier molecular flexibility index (Phi) is 14.1. The largest absolute Gasteiger partial charge is 0.412 e. The Balaban J connectivity index is 4.00. The molecule has 0 bridgehead atoms. The van der Waals surface area contributed by atoms with E-state index in [1.807, 2.05) is 0 Å². The average Bonchev–Trinajstić information content (AvgIpc) is 2.81. The maximum atomic E-state index is 7.66. The van der Waals surface area contributed by atoms with E-state index in [4.69, 9.17) is 26.6 Å². The minimum Gasteiger partial charge on any atom is -0.412 e. The SMILES string of the molecule is CCCCOC(C)[Si]1(C(C)(C)C)O[Si](C(C)OCCCC)(C(C)(C)C)O[Si](C(C)OCCCC)(C(C)(C)C)O1. The van der Waals surface area contributed by atoms with E-state index in [-0.39, 0.29) is 32.3 Å². The van der Waals surface area contributed by atoms with Crippen LogP contribution in [0.4, 0.5) is 0 Å². The van der Waals surface area contributed by atoms with E-state index < -0.39 is 25.7 Å². The Hall–Kier alpha value is 0.411. The van der Waals surface area contributed by atoms with Crippen molar-refractivity contribution in [3.05, 3.63) is 0 Å². The van der Waals surface area contributed by atoms with Crippen LogP contribution < -0.4 is 0 Å². The molecule has 1 aliphatic rings. The second-order valence-corrected chi connectivity index (χ2v) is 28.1. The van der Waals surface area contributed by atoms with Gasteiger partial charge in [-0.25, -0.2) is 0 Å². The lowest BCUT2D eigenvalue weighted by atomic mass is 10.2. The fourth-order valence-electron chi connectivity index (χ4n) is 5.53. The Morgan fingerprint density at radius 1 is 0.462 bits per heavy atom. The molecule has 0 aromatic carbocycles. The molecule has 3 unspecified atom stereocenters.